The normalized spacial score (nSPS) is 15.4. The summed E-state index contributed by atoms with van der Waals surface area (Å²) in [6.45, 7) is 4.91. The summed E-state index contributed by atoms with van der Waals surface area (Å²) in [5, 5.41) is 17.3. The zero-order chi connectivity index (χ0) is 26.9. The number of aliphatic hydroxyl groups is 1. The molecular weight excluding hydrogens is 500 g/mol. The molecule has 8 nitrogen and oxygen atoms in total. The van der Waals surface area contributed by atoms with Gasteiger partial charge in [0.25, 0.3) is 0 Å². The van der Waals surface area contributed by atoms with Gasteiger partial charge in [0.15, 0.2) is 11.5 Å². The fourth-order valence-electron chi connectivity index (χ4n) is 4.06. The summed E-state index contributed by atoms with van der Waals surface area (Å²) in [7, 11) is -3.85. The van der Waals surface area contributed by atoms with Gasteiger partial charge in [-0.25, -0.2) is 9.18 Å². The molecule has 0 radical (unpaired) electrons. The maximum absolute atomic E-state index is 13.8. The fourth-order valence-corrected chi connectivity index (χ4v) is 4.77. The quantitative estimate of drug-likeness (QED) is 0.319. The van der Waals surface area contributed by atoms with Crippen LogP contribution in [0.15, 0.2) is 48.5 Å². The molecule has 4 rings (SSSR count). The number of nitrogens with zero attached hydrogens (tertiary/aromatic N) is 1. The van der Waals surface area contributed by atoms with Crippen molar-refractivity contribution in [1.29, 1.82) is 0 Å². The average molecular weight is 525 g/mol. The number of ether oxygens (including phenoxy) is 2. The van der Waals surface area contributed by atoms with Crippen molar-refractivity contribution in [2.75, 3.05) is 6.79 Å². The van der Waals surface area contributed by atoms with Crippen LogP contribution in [0.5, 0.6) is 11.5 Å². The molecule has 0 fully saturated rings. The summed E-state index contributed by atoms with van der Waals surface area (Å²) in [6.07, 6.45) is -1.73. The number of hydrogen-bond acceptors (Lipinski definition) is 6. The number of benzene rings is 2. The van der Waals surface area contributed by atoms with Crippen LogP contribution in [0, 0.1) is 17.7 Å². The van der Waals surface area contributed by atoms with Gasteiger partial charge in [-0.1, -0.05) is 43.9 Å². The topological polar surface area (TPSA) is 126 Å². The first-order chi connectivity index (χ1) is 17.6. The van der Waals surface area contributed by atoms with Crippen molar-refractivity contribution in [2.45, 2.75) is 37.9 Å². The van der Waals surface area contributed by atoms with E-state index in [-0.39, 0.29) is 12.7 Å². The Labute approximate surface area is 213 Å². The third-order valence-electron chi connectivity index (χ3n) is 6.11. The Morgan fingerprint density at radius 2 is 1.84 bits per heavy atom. The van der Waals surface area contributed by atoms with E-state index in [9.17, 15) is 28.9 Å². The number of carbonyl (C=O) groups is 1. The molecule has 1 aliphatic rings. The second kappa shape index (κ2) is 10.3. The van der Waals surface area contributed by atoms with Gasteiger partial charge in [0.1, 0.15) is 5.82 Å². The van der Waals surface area contributed by atoms with E-state index in [1.807, 2.05) is 19.9 Å². The molecule has 0 amide bonds. The van der Waals surface area contributed by atoms with Crippen molar-refractivity contribution >= 4 is 14.0 Å². The highest BCUT2D eigenvalue weighted by Gasteiger charge is 2.48. The zero-order valence-corrected chi connectivity index (χ0v) is 21.3. The first-order valence-electron chi connectivity index (χ1n) is 11.4. The molecule has 1 aliphatic heterocycles. The molecule has 0 saturated heterocycles. The monoisotopic (exact) mass is 525 g/mol. The van der Waals surface area contributed by atoms with Crippen molar-refractivity contribution < 1.29 is 38.3 Å². The lowest BCUT2D eigenvalue weighted by atomic mass is 9.91. The van der Waals surface area contributed by atoms with Crippen molar-refractivity contribution in [3.8, 4) is 45.7 Å². The van der Waals surface area contributed by atoms with Crippen molar-refractivity contribution in [3.05, 3.63) is 65.6 Å². The first-order valence-corrected chi connectivity index (χ1v) is 12.8. The third-order valence-corrected chi connectivity index (χ3v) is 7.54. The molecule has 0 spiro atoms. The molecule has 10 heteroatoms. The minimum atomic E-state index is -3.85. The number of aliphatic carboxylic acids is 1. The van der Waals surface area contributed by atoms with Crippen LogP contribution < -0.4 is 9.47 Å². The molecule has 192 valence electrons. The van der Waals surface area contributed by atoms with Crippen LogP contribution in [0.2, 0.25) is 0 Å². The molecule has 3 unspecified atom stereocenters. The average Bonchev–Trinajstić information content (AvgIpc) is 3.33. The van der Waals surface area contributed by atoms with E-state index in [1.54, 1.807) is 30.3 Å². The van der Waals surface area contributed by atoms with Crippen molar-refractivity contribution in [3.63, 3.8) is 0 Å². The molecule has 2 heterocycles. The Bertz CT molecular complexity index is 1430. The molecule has 0 saturated carbocycles. The van der Waals surface area contributed by atoms with Gasteiger partial charge in [-0.3, -0.25) is 9.55 Å². The summed E-state index contributed by atoms with van der Waals surface area (Å²) < 4.78 is 37.0. The number of carboxylic acid groups (broad SMARTS) is 1. The standard InChI is InChI=1S/C27H25FNO7P/c1-15(2)24-19(11-12-27(16(3)30,26(31)32)37(33)34)21(17-7-9-18(28)10-8-17)13-22(29-24)20-5-4-6-23-25(20)36-14-35-23/h4-10,13,15-16,30,37H,14H2,1-3H3,(H,31,32)(H,33,34). The smallest absolute Gasteiger partial charge is 0.334 e. The van der Waals surface area contributed by atoms with Gasteiger partial charge in [-0.05, 0) is 48.7 Å². The first kappa shape index (κ1) is 26.4. The largest absolute Gasteiger partial charge is 0.480 e. The zero-order valence-electron chi connectivity index (χ0n) is 20.3. The maximum atomic E-state index is 13.8. The van der Waals surface area contributed by atoms with E-state index in [0.29, 0.717) is 45.1 Å². The predicted molar refractivity (Wildman–Crippen MR) is 135 cm³/mol. The number of carboxylic acids is 1. The number of rotatable bonds is 6. The second-order valence-corrected chi connectivity index (χ2v) is 10.3. The molecule has 1 aromatic heterocycles. The van der Waals surface area contributed by atoms with E-state index >= 15 is 0 Å². The van der Waals surface area contributed by atoms with E-state index in [2.05, 4.69) is 11.8 Å². The van der Waals surface area contributed by atoms with Crippen LogP contribution in [0.1, 0.15) is 37.9 Å². The van der Waals surface area contributed by atoms with Crippen molar-refractivity contribution in [1.82, 2.24) is 4.98 Å². The molecule has 2 aromatic carbocycles. The molecule has 3 atom stereocenters. The Morgan fingerprint density at radius 3 is 2.43 bits per heavy atom. The summed E-state index contributed by atoms with van der Waals surface area (Å²) in [6, 6.07) is 12.8. The van der Waals surface area contributed by atoms with Crippen LogP contribution in [0.4, 0.5) is 4.39 Å². The van der Waals surface area contributed by atoms with Gasteiger partial charge >= 0.3 is 5.97 Å². The van der Waals surface area contributed by atoms with Crippen LogP contribution in [0.3, 0.4) is 0 Å². The highest BCUT2D eigenvalue weighted by Crippen LogP contribution is 2.43. The minimum Gasteiger partial charge on any atom is -0.480 e. The van der Waals surface area contributed by atoms with E-state index < -0.39 is 31.1 Å². The van der Waals surface area contributed by atoms with Gasteiger partial charge < -0.3 is 24.6 Å². The maximum Gasteiger partial charge on any atom is 0.334 e. The predicted octanol–water partition coefficient (Wildman–Crippen LogP) is 4.43. The third kappa shape index (κ3) is 4.84. The number of fused-ring (bicyclic) bond motifs is 1. The Balaban J connectivity index is 2.04. The molecular formula is C27H25FNO7P. The molecule has 0 bridgehead atoms. The summed E-state index contributed by atoms with van der Waals surface area (Å²) >= 11 is 0. The molecule has 3 N–H and O–H groups in total. The number of aromatic nitrogens is 1. The molecule has 3 aromatic rings. The summed E-state index contributed by atoms with van der Waals surface area (Å²) in [4.78, 5) is 26.7. The van der Waals surface area contributed by atoms with E-state index in [4.69, 9.17) is 14.5 Å². The molecule has 0 aliphatic carbocycles. The molecule has 37 heavy (non-hydrogen) atoms. The van der Waals surface area contributed by atoms with Gasteiger partial charge in [0.2, 0.25) is 20.0 Å². The highest BCUT2D eigenvalue weighted by molar-refractivity contribution is 7.42. The number of aliphatic hydroxyl groups excluding tert-OH is 1. The fraction of sp³-hybridized carbons (Fsp3) is 0.259. The number of pyridine rings is 1. The van der Waals surface area contributed by atoms with Crippen LogP contribution in [0.25, 0.3) is 22.4 Å². The summed E-state index contributed by atoms with van der Waals surface area (Å²) in [5.74, 6) is 3.86. The van der Waals surface area contributed by atoms with E-state index in [0.717, 1.165) is 6.92 Å². The second-order valence-electron chi connectivity index (χ2n) is 8.86. The Morgan fingerprint density at radius 1 is 1.14 bits per heavy atom. The van der Waals surface area contributed by atoms with Crippen LogP contribution in [-0.2, 0) is 9.36 Å². The SMILES string of the molecule is CC(C)c1nc(-c2cccc3c2OCO3)cc(-c2ccc(F)cc2)c1C#CC(C(=O)O)(C(C)O)[PH](=O)O. The van der Waals surface area contributed by atoms with Crippen molar-refractivity contribution in [2.24, 2.45) is 0 Å². The highest BCUT2D eigenvalue weighted by atomic mass is 31.1. The lowest BCUT2D eigenvalue weighted by molar-refractivity contribution is -0.141. The van der Waals surface area contributed by atoms with Gasteiger partial charge in [0.05, 0.1) is 23.1 Å². The lowest BCUT2D eigenvalue weighted by Crippen LogP contribution is -2.43. The summed E-state index contributed by atoms with van der Waals surface area (Å²) in [5.41, 5.74) is 3.01. The minimum absolute atomic E-state index is 0.0642. The Kier molecular flexibility index (Phi) is 7.37. The number of para-hydroxylation sites is 1. The van der Waals surface area contributed by atoms with Gasteiger partial charge in [0, 0.05) is 11.1 Å². The lowest BCUT2D eigenvalue weighted by Gasteiger charge is -2.23. The van der Waals surface area contributed by atoms with Crippen LogP contribution in [-0.4, -0.2) is 44.1 Å². The van der Waals surface area contributed by atoms with E-state index in [1.165, 1.54) is 12.1 Å². The van der Waals surface area contributed by atoms with Gasteiger partial charge in [-0.15, -0.1) is 0 Å². The number of halogens is 1. The Hall–Kier alpha value is -3.70. The van der Waals surface area contributed by atoms with Crippen LogP contribution >= 0.6 is 8.03 Å². The number of hydrogen-bond donors (Lipinski definition) is 3. The van der Waals surface area contributed by atoms with Gasteiger partial charge in [-0.2, -0.15) is 0 Å².